The van der Waals surface area contributed by atoms with Crippen LogP contribution in [-0.4, -0.2) is 52.8 Å². The van der Waals surface area contributed by atoms with Crippen molar-refractivity contribution in [3.8, 4) is 0 Å². The highest BCUT2D eigenvalue weighted by molar-refractivity contribution is 7.99. The number of benzene rings is 2. The third kappa shape index (κ3) is 9.39. The van der Waals surface area contributed by atoms with E-state index in [1.54, 1.807) is 11.8 Å². The van der Waals surface area contributed by atoms with Crippen LogP contribution in [0.1, 0.15) is 68.6 Å². The van der Waals surface area contributed by atoms with Gasteiger partial charge >= 0.3 is 0 Å². The van der Waals surface area contributed by atoms with E-state index in [1.807, 2.05) is 48.5 Å². The molecule has 0 spiro atoms. The second kappa shape index (κ2) is 15.9. The van der Waals surface area contributed by atoms with Crippen LogP contribution in [0.5, 0.6) is 0 Å². The van der Waals surface area contributed by atoms with Crippen molar-refractivity contribution < 1.29 is 29.3 Å². The molecule has 1 fully saturated rings. The van der Waals surface area contributed by atoms with E-state index in [4.69, 9.17) is 9.47 Å². The van der Waals surface area contributed by atoms with Crippen molar-refractivity contribution in [2.24, 2.45) is 5.92 Å². The first-order valence-electron chi connectivity index (χ1n) is 13.2. The second-order valence-electron chi connectivity index (χ2n) is 9.58. The summed E-state index contributed by atoms with van der Waals surface area (Å²) in [6, 6.07) is 15.3. The number of carbonyl (C=O) groups is 2. The van der Waals surface area contributed by atoms with Crippen LogP contribution in [0.3, 0.4) is 0 Å². The Morgan fingerprint density at radius 2 is 1.66 bits per heavy atom. The van der Waals surface area contributed by atoms with Gasteiger partial charge in [0, 0.05) is 48.6 Å². The van der Waals surface area contributed by atoms with Gasteiger partial charge in [0.2, 0.25) is 11.8 Å². The van der Waals surface area contributed by atoms with Crippen LogP contribution in [0.15, 0.2) is 48.5 Å². The minimum atomic E-state index is -0.568. The number of aliphatic hydroxyl groups is 2. The van der Waals surface area contributed by atoms with Gasteiger partial charge in [-0.25, -0.2) is 0 Å². The SMILES string of the molecule is CC(=O)NCCCCCC(=O)Nc1ccc([C@@H]2O[C@H](CSCCO)[C@H](C)[C@H](c3ccc(CO)cc3)O2)cc1. The molecule has 2 aromatic rings. The standard InChI is InChI=1S/C29H40N2O6S/c1-20-26(19-38-17-16-32)36-29(37-28(20)23-9-7-22(18-33)8-10-23)24-11-13-25(14-12-24)31-27(35)6-4-3-5-15-30-21(2)34/h7-14,20,26,28-29,32-33H,3-6,15-19H2,1-2H3,(H,30,34)(H,31,35)/t20-,26+,28+,29+/m0/s1. The van der Waals surface area contributed by atoms with E-state index in [2.05, 4.69) is 17.6 Å². The summed E-state index contributed by atoms with van der Waals surface area (Å²) in [6.07, 6.45) is 2.10. The number of rotatable bonds is 14. The molecule has 0 aliphatic carbocycles. The van der Waals surface area contributed by atoms with Crippen molar-refractivity contribution in [1.29, 1.82) is 0 Å². The Balaban J connectivity index is 1.60. The zero-order valence-electron chi connectivity index (χ0n) is 22.2. The average Bonchev–Trinajstić information content (AvgIpc) is 2.92. The van der Waals surface area contributed by atoms with Gasteiger partial charge in [-0.3, -0.25) is 9.59 Å². The number of anilines is 1. The lowest BCUT2D eigenvalue weighted by atomic mass is 9.91. The smallest absolute Gasteiger partial charge is 0.224 e. The number of carbonyl (C=O) groups excluding carboxylic acids is 2. The van der Waals surface area contributed by atoms with E-state index in [-0.39, 0.29) is 43.2 Å². The van der Waals surface area contributed by atoms with Gasteiger partial charge in [-0.05, 0) is 36.1 Å². The first kappa shape index (κ1) is 30.1. The molecule has 4 atom stereocenters. The van der Waals surface area contributed by atoms with Crippen LogP contribution < -0.4 is 10.6 Å². The minimum absolute atomic E-state index is 0.00495. The van der Waals surface area contributed by atoms with E-state index in [9.17, 15) is 19.8 Å². The number of unbranched alkanes of at least 4 members (excludes halogenated alkanes) is 2. The number of hydrogen-bond donors (Lipinski definition) is 4. The predicted octanol–water partition coefficient (Wildman–Crippen LogP) is 4.33. The number of ether oxygens (including phenoxy) is 2. The molecule has 2 amide bonds. The normalized spacial score (nSPS) is 21.2. The molecule has 9 heteroatoms. The third-order valence-electron chi connectivity index (χ3n) is 6.56. The average molecular weight is 545 g/mol. The first-order chi connectivity index (χ1) is 18.4. The number of aliphatic hydroxyl groups excluding tert-OH is 2. The van der Waals surface area contributed by atoms with Crippen molar-refractivity contribution in [2.75, 3.05) is 30.0 Å². The van der Waals surface area contributed by atoms with Crippen molar-refractivity contribution >= 4 is 29.3 Å². The summed E-state index contributed by atoms with van der Waals surface area (Å²) < 4.78 is 12.8. The quantitative estimate of drug-likeness (QED) is 0.262. The van der Waals surface area contributed by atoms with Gasteiger partial charge in [-0.15, -0.1) is 0 Å². The highest BCUT2D eigenvalue weighted by Gasteiger charge is 2.38. The topological polar surface area (TPSA) is 117 Å². The van der Waals surface area contributed by atoms with Gasteiger partial charge < -0.3 is 30.3 Å². The van der Waals surface area contributed by atoms with E-state index in [0.29, 0.717) is 24.4 Å². The Morgan fingerprint density at radius 3 is 2.32 bits per heavy atom. The van der Waals surface area contributed by atoms with Crippen LogP contribution in [0, 0.1) is 5.92 Å². The Hall–Kier alpha value is -2.43. The lowest BCUT2D eigenvalue weighted by Crippen LogP contribution is -2.38. The molecule has 3 rings (SSSR count). The van der Waals surface area contributed by atoms with Crippen molar-refractivity contribution in [2.45, 2.75) is 64.6 Å². The maximum atomic E-state index is 12.3. The molecule has 1 aliphatic rings. The van der Waals surface area contributed by atoms with E-state index in [0.717, 1.165) is 41.7 Å². The molecule has 0 aromatic heterocycles. The van der Waals surface area contributed by atoms with E-state index < -0.39 is 6.29 Å². The molecule has 1 saturated heterocycles. The van der Waals surface area contributed by atoms with Gasteiger partial charge in [-0.1, -0.05) is 49.7 Å². The van der Waals surface area contributed by atoms with Crippen LogP contribution in [-0.2, 0) is 25.7 Å². The maximum Gasteiger partial charge on any atom is 0.224 e. The molecule has 1 heterocycles. The zero-order valence-corrected chi connectivity index (χ0v) is 23.0. The summed E-state index contributed by atoms with van der Waals surface area (Å²) in [4.78, 5) is 23.2. The maximum absolute atomic E-state index is 12.3. The zero-order chi connectivity index (χ0) is 27.3. The van der Waals surface area contributed by atoms with Crippen LogP contribution in [0.4, 0.5) is 5.69 Å². The molecule has 38 heavy (non-hydrogen) atoms. The van der Waals surface area contributed by atoms with Crippen LogP contribution >= 0.6 is 11.8 Å². The van der Waals surface area contributed by atoms with Gasteiger partial charge in [0.1, 0.15) is 0 Å². The molecule has 0 unspecified atom stereocenters. The van der Waals surface area contributed by atoms with Crippen LogP contribution in [0.2, 0.25) is 0 Å². The predicted molar refractivity (Wildman–Crippen MR) is 150 cm³/mol. The van der Waals surface area contributed by atoms with Crippen molar-refractivity contribution in [3.05, 3.63) is 65.2 Å². The van der Waals surface area contributed by atoms with E-state index in [1.165, 1.54) is 6.92 Å². The highest BCUT2D eigenvalue weighted by Crippen LogP contribution is 2.42. The van der Waals surface area contributed by atoms with E-state index >= 15 is 0 Å². The fourth-order valence-corrected chi connectivity index (χ4v) is 5.28. The largest absolute Gasteiger partial charge is 0.396 e. The molecule has 4 N–H and O–H groups in total. The Labute approximate surface area is 229 Å². The summed E-state index contributed by atoms with van der Waals surface area (Å²) in [6.45, 7) is 4.37. The molecule has 8 nitrogen and oxygen atoms in total. The monoisotopic (exact) mass is 544 g/mol. The fourth-order valence-electron chi connectivity index (χ4n) is 4.37. The molecule has 0 saturated carbocycles. The summed E-state index contributed by atoms with van der Waals surface area (Å²) in [5.74, 6) is 1.41. The van der Waals surface area contributed by atoms with Crippen LogP contribution in [0.25, 0.3) is 0 Å². The summed E-state index contributed by atoms with van der Waals surface area (Å²) >= 11 is 1.66. The van der Waals surface area contributed by atoms with Crippen molar-refractivity contribution in [3.63, 3.8) is 0 Å². The molecular weight excluding hydrogens is 504 g/mol. The number of amides is 2. The Bertz CT molecular complexity index is 1000. The molecule has 0 radical (unpaired) electrons. The molecule has 1 aliphatic heterocycles. The van der Waals surface area contributed by atoms with Gasteiger partial charge in [0.05, 0.1) is 25.4 Å². The van der Waals surface area contributed by atoms with Gasteiger partial charge in [-0.2, -0.15) is 11.8 Å². The Morgan fingerprint density at radius 1 is 0.947 bits per heavy atom. The Kier molecular flexibility index (Phi) is 12.6. The molecule has 0 bridgehead atoms. The van der Waals surface area contributed by atoms with Gasteiger partial charge in [0.15, 0.2) is 6.29 Å². The summed E-state index contributed by atoms with van der Waals surface area (Å²) in [7, 11) is 0. The molecular formula is C29H40N2O6S. The number of thioether (sulfide) groups is 1. The fraction of sp³-hybridized carbons (Fsp3) is 0.517. The minimum Gasteiger partial charge on any atom is -0.396 e. The molecule has 2 aromatic carbocycles. The number of hydrogen-bond acceptors (Lipinski definition) is 7. The summed E-state index contributed by atoms with van der Waals surface area (Å²) in [5.41, 5.74) is 3.46. The lowest BCUT2D eigenvalue weighted by Gasteiger charge is -2.41. The number of nitrogens with one attached hydrogen (secondary N) is 2. The second-order valence-corrected chi connectivity index (χ2v) is 10.7. The summed E-state index contributed by atoms with van der Waals surface area (Å²) in [5, 5.41) is 24.3. The molecule has 208 valence electrons. The lowest BCUT2D eigenvalue weighted by molar-refractivity contribution is -0.268. The first-order valence-corrected chi connectivity index (χ1v) is 14.4. The van der Waals surface area contributed by atoms with Gasteiger partial charge in [0.25, 0.3) is 0 Å². The highest BCUT2D eigenvalue weighted by atomic mass is 32.2. The third-order valence-corrected chi connectivity index (χ3v) is 7.60. The van der Waals surface area contributed by atoms with Crippen molar-refractivity contribution in [1.82, 2.24) is 5.32 Å².